The molecule has 0 aliphatic carbocycles. The maximum absolute atomic E-state index is 9.26. The van der Waals surface area contributed by atoms with Gasteiger partial charge < -0.3 is 15.7 Å². The van der Waals surface area contributed by atoms with Gasteiger partial charge in [-0.15, -0.1) is 11.3 Å². The smallest absolute Gasteiger partial charge is 0.191 e. The van der Waals surface area contributed by atoms with Crippen molar-refractivity contribution in [1.82, 2.24) is 15.6 Å². The van der Waals surface area contributed by atoms with Crippen LogP contribution in [0.1, 0.15) is 65.1 Å². The van der Waals surface area contributed by atoms with Crippen LogP contribution in [0.4, 0.5) is 0 Å². The predicted octanol–water partition coefficient (Wildman–Crippen LogP) is 3.54. The molecule has 0 saturated carbocycles. The van der Waals surface area contributed by atoms with Crippen LogP contribution in [0.25, 0.3) is 0 Å². The Bertz CT molecular complexity index is 520. The zero-order valence-corrected chi connectivity index (χ0v) is 17.5. The monoisotopic (exact) mass is 368 g/mol. The molecule has 1 unspecified atom stereocenters. The van der Waals surface area contributed by atoms with Crippen LogP contribution in [0.2, 0.25) is 0 Å². The summed E-state index contributed by atoms with van der Waals surface area (Å²) in [5.41, 5.74) is 1.20. The molecule has 0 aliphatic rings. The average Bonchev–Trinajstić information content (AvgIpc) is 2.98. The molecular formula is C19H36N4OS. The van der Waals surface area contributed by atoms with Gasteiger partial charge in [0.2, 0.25) is 0 Å². The molecule has 144 valence electrons. The molecule has 0 aliphatic heterocycles. The second kappa shape index (κ2) is 10.8. The lowest BCUT2D eigenvalue weighted by atomic mass is 9.93. The van der Waals surface area contributed by atoms with Gasteiger partial charge in [-0.25, -0.2) is 9.98 Å². The molecule has 6 heteroatoms. The van der Waals surface area contributed by atoms with Crippen molar-refractivity contribution in [1.29, 1.82) is 0 Å². The Morgan fingerprint density at radius 2 is 2.04 bits per heavy atom. The van der Waals surface area contributed by atoms with Gasteiger partial charge >= 0.3 is 0 Å². The first kappa shape index (κ1) is 21.9. The van der Waals surface area contributed by atoms with Crippen molar-refractivity contribution in [3.05, 3.63) is 16.1 Å². The zero-order valence-electron chi connectivity index (χ0n) is 16.7. The number of aliphatic hydroxyl groups excluding tert-OH is 1. The average molecular weight is 369 g/mol. The van der Waals surface area contributed by atoms with Crippen molar-refractivity contribution in [3.63, 3.8) is 0 Å². The molecular weight excluding hydrogens is 332 g/mol. The quantitative estimate of drug-likeness (QED) is 0.461. The Morgan fingerprint density at radius 1 is 1.32 bits per heavy atom. The first-order valence-electron chi connectivity index (χ1n) is 9.34. The van der Waals surface area contributed by atoms with Crippen molar-refractivity contribution in [2.24, 2.45) is 16.8 Å². The molecule has 0 radical (unpaired) electrons. The van der Waals surface area contributed by atoms with Gasteiger partial charge in [0.25, 0.3) is 0 Å². The van der Waals surface area contributed by atoms with Gasteiger partial charge in [0.05, 0.1) is 12.2 Å². The first-order chi connectivity index (χ1) is 11.8. The van der Waals surface area contributed by atoms with E-state index < -0.39 is 0 Å². The molecule has 1 rings (SSSR count). The van der Waals surface area contributed by atoms with E-state index in [-0.39, 0.29) is 12.0 Å². The van der Waals surface area contributed by atoms with Crippen molar-refractivity contribution in [3.8, 4) is 0 Å². The highest BCUT2D eigenvalue weighted by molar-refractivity contribution is 7.09. The lowest BCUT2D eigenvalue weighted by molar-refractivity contribution is 0.243. The summed E-state index contributed by atoms with van der Waals surface area (Å²) in [5, 5.41) is 19.1. The number of aromatic nitrogens is 1. The summed E-state index contributed by atoms with van der Waals surface area (Å²) in [6.07, 6.45) is 1.93. The number of nitrogens with zero attached hydrogens (tertiary/aromatic N) is 2. The summed E-state index contributed by atoms with van der Waals surface area (Å²) < 4.78 is 0. The molecule has 1 aromatic rings. The van der Waals surface area contributed by atoms with Crippen LogP contribution in [-0.2, 0) is 12.0 Å². The number of hydrogen-bond acceptors (Lipinski definition) is 4. The topological polar surface area (TPSA) is 69.5 Å². The summed E-state index contributed by atoms with van der Waals surface area (Å²) in [6, 6.07) is 0. The molecule has 0 saturated heterocycles. The van der Waals surface area contributed by atoms with E-state index in [0.717, 1.165) is 42.6 Å². The molecule has 1 heterocycles. The largest absolute Gasteiger partial charge is 0.396 e. The number of rotatable bonds is 9. The van der Waals surface area contributed by atoms with Gasteiger partial charge in [-0.05, 0) is 31.6 Å². The van der Waals surface area contributed by atoms with Crippen LogP contribution >= 0.6 is 11.3 Å². The predicted molar refractivity (Wildman–Crippen MR) is 108 cm³/mol. The van der Waals surface area contributed by atoms with Crippen molar-refractivity contribution < 1.29 is 5.11 Å². The molecule has 1 aromatic heterocycles. The van der Waals surface area contributed by atoms with E-state index in [1.165, 1.54) is 0 Å². The third-order valence-electron chi connectivity index (χ3n) is 3.94. The van der Waals surface area contributed by atoms with E-state index >= 15 is 0 Å². The second-order valence-corrected chi connectivity index (χ2v) is 8.90. The highest BCUT2D eigenvalue weighted by atomic mass is 32.1. The maximum atomic E-state index is 9.26. The Morgan fingerprint density at radius 3 is 2.56 bits per heavy atom. The molecule has 0 amide bonds. The molecule has 5 nitrogen and oxygen atoms in total. The van der Waals surface area contributed by atoms with E-state index in [1.807, 2.05) is 0 Å². The van der Waals surface area contributed by atoms with Gasteiger partial charge in [-0.2, -0.15) is 0 Å². The van der Waals surface area contributed by atoms with Crippen LogP contribution in [-0.4, -0.2) is 35.7 Å². The molecule has 0 aromatic carbocycles. The van der Waals surface area contributed by atoms with Gasteiger partial charge in [0, 0.05) is 30.5 Å². The molecule has 3 N–H and O–H groups in total. The van der Waals surface area contributed by atoms with Crippen molar-refractivity contribution in [2.45, 2.75) is 66.3 Å². The van der Waals surface area contributed by atoms with E-state index in [4.69, 9.17) is 4.98 Å². The van der Waals surface area contributed by atoms with Gasteiger partial charge in [-0.3, -0.25) is 0 Å². The number of aliphatic hydroxyl groups is 1. The molecule has 0 spiro atoms. The normalized spacial score (nSPS) is 14.0. The number of aliphatic imine (C=N–C) groups is 1. The SMILES string of the molecule is CCNC(=NCc1nc(C(C)(C)C)cs1)NCC(CCO)CC(C)C. The summed E-state index contributed by atoms with van der Waals surface area (Å²) in [5.74, 6) is 1.91. The molecule has 0 bridgehead atoms. The standard InChI is InChI=1S/C19H36N4OS/c1-7-20-18(21-11-15(8-9-24)10-14(2)3)22-12-17-23-16(13-25-17)19(4,5)6/h13-15,24H,7-12H2,1-6H3,(H2,20,21,22). The van der Waals surface area contributed by atoms with Crippen molar-refractivity contribution >= 4 is 17.3 Å². The highest BCUT2D eigenvalue weighted by Gasteiger charge is 2.17. The number of hydrogen-bond donors (Lipinski definition) is 3. The summed E-state index contributed by atoms with van der Waals surface area (Å²) in [4.78, 5) is 9.37. The number of guanidine groups is 1. The van der Waals surface area contributed by atoms with E-state index in [2.05, 4.69) is 62.5 Å². The van der Waals surface area contributed by atoms with Crippen LogP contribution in [0.3, 0.4) is 0 Å². The van der Waals surface area contributed by atoms with Crippen LogP contribution in [0.15, 0.2) is 10.4 Å². The lowest BCUT2D eigenvalue weighted by Gasteiger charge is -2.20. The zero-order chi connectivity index (χ0) is 18.9. The van der Waals surface area contributed by atoms with E-state index in [1.54, 1.807) is 11.3 Å². The van der Waals surface area contributed by atoms with Crippen molar-refractivity contribution in [2.75, 3.05) is 19.7 Å². The van der Waals surface area contributed by atoms with Crippen LogP contribution in [0, 0.1) is 11.8 Å². The minimum atomic E-state index is 0.0789. The van der Waals surface area contributed by atoms with Gasteiger partial charge in [0.1, 0.15) is 5.01 Å². The second-order valence-electron chi connectivity index (χ2n) is 7.96. The Balaban J connectivity index is 2.65. The lowest BCUT2D eigenvalue weighted by Crippen LogP contribution is -2.40. The summed E-state index contributed by atoms with van der Waals surface area (Å²) in [6.45, 7) is 15.5. The molecule has 0 fully saturated rings. The van der Waals surface area contributed by atoms with Gasteiger partial charge in [0.15, 0.2) is 5.96 Å². The van der Waals surface area contributed by atoms with E-state index in [9.17, 15) is 5.11 Å². The summed E-state index contributed by atoms with van der Waals surface area (Å²) >= 11 is 1.67. The van der Waals surface area contributed by atoms with Crippen LogP contribution < -0.4 is 10.6 Å². The molecule has 25 heavy (non-hydrogen) atoms. The number of nitrogens with one attached hydrogen (secondary N) is 2. The minimum Gasteiger partial charge on any atom is -0.396 e. The number of thiazole rings is 1. The fourth-order valence-corrected chi connectivity index (χ4v) is 3.55. The first-order valence-corrected chi connectivity index (χ1v) is 10.2. The Labute approximate surface area is 157 Å². The Kier molecular flexibility index (Phi) is 9.43. The minimum absolute atomic E-state index is 0.0789. The van der Waals surface area contributed by atoms with E-state index in [0.29, 0.717) is 18.4 Å². The fraction of sp³-hybridized carbons (Fsp3) is 0.789. The fourth-order valence-electron chi connectivity index (χ4n) is 2.61. The highest BCUT2D eigenvalue weighted by Crippen LogP contribution is 2.24. The van der Waals surface area contributed by atoms with Crippen LogP contribution in [0.5, 0.6) is 0 Å². The third-order valence-corrected chi connectivity index (χ3v) is 4.77. The summed E-state index contributed by atoms with van der Waals surface area (Å²) in [7, 11) is 0. The third kappa shape index (κ3) is 8.68. The maximum Gasteiger partial charge on any atom is 0.191 e. The Hall–Kier alpha value is -1.14. The van der Waals surface area contributed by atoms with Gasteiger partial charge in [-0.1, -0.05) is 34.6 Å². The molecule has 1 atom stereocenters.